The zero-order valence-electron chi connectivity index (χ0n) is 9.86. The minimum absolute atomic E-state index is 0.126. The molecule has 2 heterocycles. The first-order chi connectivity index (χ1) is 9.54. The molecule has 1 aromatic carbocycles. The molecular formula is C14H6Br2FNO2. The van der Waals surface area contributed by atoms with Crippen molar-refractivity contribution in [1.82, 2.24) is 4.98 Å². The first kappa shape index (κ1) is 13.5. The Labute approximate surface area is 130 Å². The van der Waals surface area contributed by atoms with Gasteiger partial charge < -0.3 is 4.42 Å². The molecule has 0 N–H and O–H groups in total. The number of pyridine rings is 1. The number of ketones is 1. The predicted molar refractivity (Wildman–Crippen MR) is 79.2 cm³/mol. The van der Waals surface area contributed by atoms with Crippen LogP contribution in [0.4, 0.5) is 4.39 Å². The van der Waals surface area contributed by atoms with Gasteiger partial charge in [0.05, 0.1) is 0 Å². The highest BCUT2D eigenvalue weighted by molar-refractivity contribution is 9.11. The van der Waals surface area contributed by atoms with E-state index >= 15 is 0 Å². The van der Waals surface area contributed by atoms with Gasteiger partial charge in [-0.05, 0) is 62.2 Å². The summed E-state index contributed by atoms with van der Waals surface area (Å²) in [6.07, 6.45) is 1.53. The number of rotatable bonds is 2. The summed E-state index contributed by atoms with van der Waals surface area (Å²) in [6.45, 7) is 0. The Kier molecular flexibility index (Phi) is 3.43. The number of aromatic nitrogens is 1. The Bertz CT molecular complexity index is 829. The molecule has 0 fully saturated rings. The second-order valence-electron chi connectivity index (χ2n) is 4.11. The lowest BCUT2D eigenvalue weighted by atomic mass is 10.2. The number of carbonyl (C=O) groups excluding carboxylic acids is 1. The second-order valence-corrected chi connectivity index (χ2v) is 5.88. The van der Waals surface area contributed by atoms with E-state index in [0.717, 1.165) is 4.47 Å². The number of furan rings is 1. The summed E-state index contributed by atoms with van der Waals surface area (Å²) in [4.78, 5) is 16.4. The molecule has 0 bridgehead atoms. The topological polar surface area (TPSA) is 43.1 Å². The van der Waals surface area contributed by atoms with Gasteiger partial charge in [0.2, 0.25) is 5.78 Å². The molecule has 3 rings (SSSR count). The quantitative estimate of drug-likeness (QED) is 0.586. The number of fused-ring (bicyclic) bond motifs is 1. The summed E-state index contributed by atoms with van der Waals surface area (Å²) in [5.41, 5.74) is 0.704. The van der Waals surface area contributed by atoms with Crippen molar-refractivity contribution in [3.63, 3.8) is 0 Å². The molecule has 0 aliphatic rings. The van der Waals surface area contributed by atoms with E-state index in [9.17, 15) is 9.18 Å². The van der Waals surface area contributed by atoms with Crippen LogP contribution in [0.25, 0.3) is 11.0 Å². The lowest BCUT2D eigenvalue weighted by Crippen LogP contribution is -2.03. The molecule has 100 valence electrons. The average molecular weight is 399 g/mol. The van der Waals surface area contributed by atoms with E-state index in [0.29, 0.717) is 15.4 Å². The Balaban J connectivity index is 2.08. The summed E-state index contributed by atoms with van der Waals surface area (Å²) in [5.74, 6) is -0.609. The molecule has 0 radical (unpaired) electrons. The second kappa shape index (κ2) is 5.10. The van der Waals surface area contributed by atoms with Crippen LogP contribution in [0.1, 0.15) is 16.2 Å². The Hall–Kier alpha value is -1.53. The monoisotopic (exact) mass is 397 g/mol. The van der Waals surface area contributed by atoms with Crippen LogP contribution in [0.15, 0.2) is 49.9 Å². The van der Waals surface area contributed by atoms with Crippen LogP contribution in [-0.2, 0) is 0 Å². The van der Waals surface area contributed by atoms with E-state index in [1.54, 1.807) is 6.07 Å². The normalized spacial score (nSPS) is 10.9. The van der Waals surface area contributed by atoms with Gasteiger partial charge in [-0.15, -0.1) is 0 Å². The van der Waals surface area contributed by atoms with Crippen LogP contribution < -0.4 is 0 Å². The SMILES string of the molecule is O=C(c1cc2cc(F)ccc2o1)c1ncc(Br)cc1Br. The first-order valence-electron chi connectivity index (χ1n) is 5.59. The summed E-state index contributed by atoms with van der Waals surface area (Å²) in [7, 11) is 0. The molecule has 0 amide bonds. The summed E-state index contributed by atoms with van der Waals surface area (Å²) < 4.78 is 19.9. The zero-order valence-corrected chi connectivity index (χ0v) is 13.0. The van der Waals surface area contributed by atoms with Gasteiger partial charge in [0.1, 0.15) is 17.1 Å². The fourth-order valence-corrected chi connectivity index (χ4v) is 2.99. The summed E-state index contributed by atoms with van der Waals surface area (Å²) in [5, 5.41) is 0.543. The number of hydrogen-bond donors (Lipinski definition) is 0. The van der Waals surface area contributed by atoms with Crippen molar-refractivity contribution in [2.24, 2.45) is 0 Å². The van der Waals surface area contributed by atoms with E-state index in [2.05, 4.69) is 36.8 Å². The van der Waals surface area contributed by atoms with E-state index in [4.69, 9.17) is 4.42 Å². The Morgan fingerprint density at radius 1 is 1.20 bits per heavy atom. The molecular weight excluding hydrogens is 393 g/mol. The highest BCUT2D eigenvalue weighted by atomic mass is 79.9. The number of nitrogens with zero attached hydrogens (tertiary/aromatic N) is 1. The minimum Gasteiger partial charge on any atom is -0.453 e. The smallest absolute Gasteiger partial charge is 0.247 e. The molecule has 0 saturated carbocycles. The van der Waals surface area contributed by atoms with Crippen LogP contribution in [0.5, 0.6) is 0 Å². The van der Waals surface area contributed by atoms with Gasteiger partial charge in [0.25, 0.3) is 0 Å². The third kappa shape index (κ3) is 2.41. The predicted octanol–water partition coefficient (Wildman–Crippen LogP) is 4.72. The van der Waals surface area contributed by atoms with E-state index in [1.165, 1.54) is 30.5 Å². The van der Waals surface area contributed by atoms with Gasteiger partial charge in [0, 0.05) is 20.5 Å². The minimum atomic E-state index is -0.375. The molecule has 20 heavy (non-hydrogen) atoms. The van der Waals surface area contributed by atoms with Crippen molar-refractivity contribution < 1.29 is 13.6 Å². The third-order valence-electron chi connectivity index (χ3n) is 2.73. The lowest BCUT2D eigenvalue weighted by molar-refractivity contribution is 0.101. The molecule has 0 aliphatic heterocycles. The van der Waals surface area contributed by atoms with Crippen molar-refractivity contribution in [2.45, 2.75) is 0 Å². The molecule has 0 aliphatic carbocycles. The largest absolute Gasteiger partial charge is 0.453 e. The van der Waals surface area contributed by atoms with Crippen LogP contribution in [0, 0.1) is 5.82 Å². The Morgan fingerprint density at radius 2 is 2.00 bits per heavy atom. The van der Waals surface area contributed by atoms with Crippen LogP contribution in [0.3, 0.4) is 0 Å². The number of hydrogen-bond acceptors (Lipinski definition) is 3. The van der Waals surface area contributed by atoms with Crippen LogP contribution in [-0.4, -0.2) is 10.8 Å². The van der Waals surface area contributed by atoms with Crippen LogP contribution in [0.2, 0.25) is 0 Å². The molecule has 0 unspecified atom stereocenters. The first-order valence-corrected chi connectivity index (χ1v) is 7.18. The molecule has 2 aromatic heterocycles. The van der Waals surface area contributed by atoms with Crippen molar-refractivity contribution in [1.29, 1.82) is 0 Å². The fraction of sp³-hybridized carbons (Fsp3) is 0. The molecule has 3 nitrogen and oxygen atoms in total. The van der Waals surface area contributed by atoms with E-state index in [1.807, 2.05) is 0 Å². The van der Waals surface area contributed by atoms with Crippen molar-refractivity contribution in [2.75, 3.05) is 0 Å². The van der Waals surface area contributed by atoms with E-state index in [-0.39, 0.29) is 23.1 Å². The molecule has 0 spiro atoms. The van der Waals surface area contributed by atoms with Gasteiger partial charge in [-0.1, -0.05) is 0 Å². The summed E-state index contributed by atoms with van der Waals surface area (Å²) in [6, 6.07) is 7.33. The number of carbonyl (C=O) groups is 1. The van der Waals surface area contributed by atoms with E-state index < -0.39 is 0 Å². The Morgan fingerprint density at radius 3 is 2.75 bits per heavy atom. The highest BCUT2D eigenvalue weighted by Crippen LogP contribution is 2.25. The fourth-order valence-electron chi connectivity index (χ4n) is 1.82. The van der Waals surface area contributed by atoms with Crippen molar-refractivity contribution in [3.05, 3.63) is 62.7 Å². The highest BCUT2D eigenvalue weighted by Gasteiger charge is 2.19. The third-order valence-corrected chi connectivity index (χ3v) is 3.76. The molecule has 6 heteroatoms. The van der Waals surface area contributed by atoms with Gasteiger partial charge in [-0.25, -0.2) is 4.39 Å². The van der Waals surface area contributed by atoms with Gasteiger partial charge in [-0.2, -0.15) is 0 Å². The van der Waals surface area contributed by atoms with Crippen LogP contribution >= 0.6 is 31.9 Å². The lowest BCUT2D eigenvalue weighted by Gasteiger charge is -2.00. The standard InChI is InChI=1S/C14H6Br2FNO2/c15-8-5-10(16)13(18-6-8)14(19)12-4-7-3-9(17)1-2-11(7)20-12/h1-6H. The maximum atomic E-state index is 13.1. The number of benzene rings is 1. The van der Waals surface area contributed by atoms with Crippen molar-refractivity contribution in [3.8, 4) is 0 Å². The average Bonchev–Trinajstić information content (AvgIpc) is 2.81. The molecule has 3 aromatic rings. The number of halogens is 3. The maximum absolute atomic E-state index is 13.1. The molecule has 0 saturated heterocycles. The van der Waals surface area contributed by atoms with Gasteiger partial charge in [-0.3, -0.25) is 9.78 Å². The molecule has 0 atom stereocenters. The zero-order chi connectivity index (χ0) is 14.3. The van der Waals surface area contributed by atoms with Crippen molar-refractivity contribution >= 4 is 48.6 Å². The summed E-state index contributed by atoms with van der Waals surface area (Å²) >= 11 is 6.55. The van der Waals surface area contributed by atoms with Gasteiger partial charge >= 0.3 is 0 Å². The maximum Gasteiger partial charge on any atom is 0.247 e. The van der Waals surface area contributed by atoms with Gasteiger partial charge in [0.15, 0.2) is 5.76 Å².